The number of nitrogens with two attached hydrogens (primary N) is 1. The summed E-state index contributed by atoms with van der Waals surface area (Å²) >= 11 is 1.45. The maximum atomic E-state index is 11.5. The SMILES string of the molecule is CC(=O)N1CCN(c2nc(N)nc3scnc23)[C@@H](C)C1. The van der Waals surface area contributed by atoms with Gasteiger partial charge >= 0.3 is 0 Å². The number of aromatic nitrogens is 3. The Hall–Kier alpha value is -1.96. The number of nitrogens with zero attached hydrogens (tertiary/aromatic N) is 5. The summed E-state index contributed by atoms with van der Waals surface area (Å²) in [5.74, 6) is 1.14. The van der Waals surface area contributed by atoms with E-state index in [0.717, 1.165) is 22.7 Å². The lowest BCUT2D eigenvalue weighted by Crippen LogP contribution is -2.53. The molecule has 3 rings (SSSR count). The number of piperazine rings is 1. The molecule has 1 amide bonds. The molecule has 0 bridgehead atoms. The molecule has 1 aliphatic heterocycles. The van der Waals surface area contributed by atoms with Crippen molar-refractivity contribution in [2.75, 3.05) is 30.3 Å². The molecule has 2 aromatic heterocycles. The predicted octanol–water partition coefficient (Wildman–Crippen LogP) is 0.725. The number of carbonyl (C=O) groups excluding carboxylic acids is 1. The molecule has 0 saturated carbocycles. The highest BCUT2D eigenvalue weighted by Crippen LogP contribution is 2.28. The van der Waals surface area contributed by atoms with Crippen molar-refractivity contribution < 1.29 is 4.79 Å². The minimum absolute atomic E-state index is 0.109. The third kappa shape index (κ3) is 2.15. The molecule has 0 spiro atoms. The van der Waals surface area contributed by atoms with E-state index in [1.165, 1.54) is 11.3 Å². The molecule has 1 fully saturated rings. The van der Waals surface area contributed by atoms with Crippen molar-refractivity contribution in [3.63, 3.8) is 0 Å². The Morgan fingerprint density at radius 3 is 2.95 bits per heavy atom. The Kier molecular flexibility index (Phi) is 3.17. The topological polar surface area (TPSA) is 88.2 Å². The van der Waals surface area contributed by atoms with Gasteiger partial charge in [0.05, 0.1) is 5.51 Å². The maximum absolute atomic E-state index is 11.5. The molecule has 20 heavy (non-hydrogen) atoms. The maximum Gasteiger partial charge on any atom is 0.223 e. The van der Waals surface area contributed by atoms with Gasteiger partial charge in [0, 0.05) is 32.6 Å². The molecule has 106 valence electrons. The van der Waals surface area contributed by atoms with Crippen molar-refractivity contribution >= 4 is 39.4 Å². The number of rotatable bonds is 1. The fraction of sp³-hybridized carbons (Fsp3) is 0.500. The van der Waals surface area contributed by atoms with Gasteiger partial charge in [0.1, 0.15) is 5.52 Å². The Balaban J connectivity index is 1.95. The minimum atomic E-state index is 0.109. The molecule has 1 atom stereocenters. The van der Waals surface area contributed by atoms with Gasteiger partial charge in [-0.15, -0.1) is 11.3 Å². The highest BCUT2D eigenvalue weighted by atomic mass is 32.1. The van der Waals surface area contributed by atoms with Gasteiger partial charge in [0.15, 0.2) is 10.6 Å². The summed E-state index contributed by atoms with van der Waals surface area (Å²) in [4.78, 5) is 29.1. The van der Waals surface area contributed by atoms with Gasteiger partial charge < -0.3 is 15.5 Å². The summed E-state index contributed by atoms with van der Waals surface area (Å²) in [5.41, 5.74) is 8.31. The lowest BCUT2D eigenvalue weighted by atomic mass is 10.2. The molecule has 1 aliphatic rings. The van der Waals surface area contributed by atoms with Crippen LogP contribution in [0, 0.1) is 0 Å². The number of hydrogen-bond donors (Lipinski definition) is 1. The number of nitrogen functional groups attached to an aromatic ring is 1. The number of hydrogen-bond acceptors (Lipinski definition) is 7. The molecular weight excluding hydrogens is 276 g/mol. The number of amides is 1. The van der Waals surface area contributed by atoms with Crippen LogP contribution in [-0.4, -0.2) is 51.4 Å². The molecule has 0 aliphatic carbocycles. The first kappa shape index (κ1) is 13.0. The largest absolute Gasteiger partial charge is 0.368 e. The highest BCUT2D eigenvalue weighted by Gasteiger charge is 2.28. The molecule has 0 aromatic carbocycles. The first-order valence-corrected chi connectivity index (χ1v) is 7.33. The zero-order valence-electron chi connectivity index (χ0n) is 11.4. The highest BCUT2D eigenvalue weighted by molar-refractivity contribution is 7.16. The molecular formula is C12H16N6OS. The molecule has 2 aromatic rings. The van der Waals surface area contributed by atoms with Gasteiger partial charge in [-0.05, 0) is 6.92 Å². The zero-order chi connectivity index (χ0) is 14.3. The van der Waals surface area contributed by atoms with Gasteiger partial charge in [-0.1, -0.05) is 0 Å². The zero-order valence-corrected chi connectivity index (χ0v) is 12.2. The predicted molar refractivity (Wildman–Crippen MR) is 78.7 cm³/mol. The molecule has 0 unspecified atom stereocenters. The molecule has 2 N–H and O–H groups in total. The van der Waals surface area contributed by atoms with E-state index in [4.69, 9.17) is 5.73 Å². The summed E-state index contributed by atoms with van der Waals surface area (Å²) in [6.45, 7) is 5.78. The number of thiazole rings is 1. The van der Waals surface area contributed by atoms with Crippen molar-refractivity contribution in [1.82, 2.24) is 19.9 Å². The van der Waals surface area contributed by atoms with Gasteiger partial charge in [-0.2, -0.15) is 4.98 Å². The molecule has 3 heterocycles. The standard InChI is InChI=1S/C12H16N6OS/c1-7-5-17(8(2)19)3-4-18(7)10-9-11(20-6-14-9)16-12(13)15-10/h6-7H,3-5H2,1-2H3,(H2,13,15,16)/t7-/m0/s1. The number of anilines is 2. The summed E-state index contributed by atoms with van der Waals surface area (Å²) in [5, 5.41) is 0. The van der Waals surface area contributed by atoms with E-state index in [1.54, 1.807) is 12.4 Å². The van der Waals surface area contributed by atoms with Crippen molar-refractivity contribution in [1.29, 1.82) is 0 Å². The number of carbonyl (C=O) groups is 1. The smallest absolute Gasteiger partial charge is 0.223 e. The first-order chi connectivity index (χ1) is 9.56. The average Bonchev–Trinajstić information content (AvgIpc) is 2.85. The van der Waals surface area contributed by atoms with E-state index >= 15 is 0 Å². The third-order valence-electron chi connectivity index (χ3n) is 3.54. The van der Waals surface area contributed by atoms with Crippen LogP contribution in [0.5, 0.6) is 0 Å². The molecule has 0 radical (unpaired) electrons. The van der Waals surface area contributed by atoms with Gasteiger partial charge in [0.25, 0.3) is 0 Å². The van der Waals surface area contributed by atoms with Crippen molar-refractivity contribution in [3.05, 3.63) is 5.51 Å². The van der Waals surface area contributed by atoms with Gasteiger partial charge in [0.2, 0.25) is 11.9 Å². The van der Waals surface area contributed by atoms with Crippen LogP contribution in [0.4, 0.5) is 11.8 Å². The van der Waals surface area contributed by atoms with Crippen LogP contribution in [0.25, 0.3) is 10.3 Å². The number of fused-ring (bicyclic) bond motifs is 1. The van der Waals surface area contributed by atoms with E-state index in [2.05, 4.69) is 26.8 Å². The van der Waals surface area contributed by atoms with E-state index in [1.807, 2.05) is 4.90 Å². The molecule has 8 heteroatoms. The second kappa shape index (κ2) is 4.86. The minimum Gasteiger partial charge on any atom is -0.368 e. The van der Waals surface area contributed by atoms with E-state index in [9.17, 15) is 4.79 Å². The van der Waals surface area contributed by atoms with Crippen LogP contribution in [-0.2, 0) is 4.79 Å². The Morgan fingerprint density at radius 1 is 1.45 bits per heavy atom. The van der Waals surface area contributed by atoms with Crippen LogP contribution in [0.1, 0.15) is 13.8 Å². The Labute approximate surface area is 120 Å². The summed E-state index contributed by atoms with van der Waals surface area (Å²) in [7, 11) is 0. The molecule has 7 nitrogen and oxygen atoms in total. The van der Waals surface area contributed by atoms with Crippen molar-refractivity contribution in [2.45, 2.75) is 19.9 Å². The van der Waals surface area contributed by atoms with Gasteiger partial charge in [-0.25, -0.2) is 9.97 Å². The second-order valence-electron chi connectivity index (χ2n) is 4.92. The third-order valence-corrected chi connectivity index (χ3v) is 4.26. The quantitative estimate of drug-likeness (QED) is 0.833. The first-order valence-electron chi connectivity index (χ1n) is 6.45. The van der Waals surface area contributed by atoms with Crippen molar-refractivity contribution in [2.24, 2.45) is 0 Å². The van der Waals surface area contributed by atoms with Crippen LogP contribution >= 0.6 is 11.3 Å². The summed E-state index contributed by atoms with van der Waals surface area (Å²) in [6.07, 6.45) is 0. The van der Waals surface area contributed by atoms with E-state index in [-0.39, 0.29) is 17.9 Å². The van der Waals surface area contributed by atoms with Crippen LogP contribution in [0.15, 0.2) is 5.51 Å². The summed E-state index contributed by atoms with van der Waals surface area (Å²) < 4.78 is 0. The van der Waals surface area contributed by atoms with Gasteiger partial charge in [-0.3, -0.25) is 4.79 Å². The molecule has 1 saturated heterocycles. The van der Waals surface area contributed by atoms with Crippen LogP contribution in [0.2, 0.25) is 0 Å². The monoisotopic (exact) mass is 292 g/mol. The average molecular weight is 292 g/mol. The Bertz CT molecular complexity index is 656. The fourth-order valence-corrected chi connectivity index (χ4v) is 3.18. The Morgan fingerprint density at radius 2 is 2.25 bits per heavy atom. The van der Waals surface area contributed by atoms with Crippen LogP contribution in [0.3, 0.4) is 0 Å². The van der Waals surface area contributed by atoms with Crippen LogP contribution < -0.4 is 10.6 Å². The fourth-order valence-electron chi connectivity index (χ4n) is 2.52. The van der Waals surface area contributed by atoms with Crippen molar-refractivity contribution in [3.8, 4) is 0 Å². The summed E-state index contributed by atoms with van der Waals surface area (Å²) in [6, 6.07) is 0.173. The van der Waals surface area contributed by atoms with E-state index < -0.39 is 0 Å². The normalized spacial score (nSPS) is 19.6. The van der Waals surface area contributed by atoms with E-state index in [0.29, 0.717) is 13.1 Å². The lowest BCUT2D eigenvalue weighted by molar-refractivity contribution is -0.129. The lowest BCUT2D eigenvalue weighted by Gasteiger charge is -2.40. The second-order valence-corrected chi connectivity index (χ2v) is 5.75.